The Morgan fingerprint density at radius 3 is 2.40 bits per heavy atom. The normalized spacial score (nSPS) is 11.4. The van der Waals surface area contributed by atoms with Crippen molar-refractivity contribution in [2.75, 3.05) is 11.1 Å². The van der Waals surface area contributed by atoms with E-state index in [1.807, 2.05) is 0 Å². The Bertz CT molecular complexity index is 620. The number of nitrogens with one attached hydrogen (secondary N) is 1. The van der Waals surface area contributed by atoms with Crippen molar-refractivity contribution in [3.63, 3.8) is 0 Å². The third-order valence-corrected chi connectivity index (χ3v) is 2.31. The van der Waals surface area contributed by atoms with Gasteiger partial charge in [0.25, 0.3) is 0 Å². The zero-order chi connectivity index (χ0) is 14.9. The first-order valence-electron chi connectivity index (χ1n) is 5.50. The minimum atomic E-state index is -4.70. The molecule has 2 rings (SSSR count). The van der Waals surface area contributed by atoms with Crippen LogP contribution in [0.5, 0.6) is 0 Å². The molecule has 0 aliphatic heterocycles. The zero-order valence-electron chi connectivity index (χ0n) is 10.3. The molecule has 3 N–H and O–H groups in total. The van der Waals surface area contributed by atoms with Gasteiger partial charge in [-0.05, 0) is 30.7 Å². The first-order valence-corrected chi connectivity index (χ1v) is 5.50. The van der Waals surface area contributed by atoms with Crippen LogP contribution in [0.15, 0.2) is 24.3 Å². The molecular weight excluding hydrogens is 276 g/mol. The molecule has 1 aromatic heterocycles. The van der Waals surface area contributed by atoms with Gasteiger partial charge in [-0.15, -0.1) is 0 Å². The summed E-state index contributed by atoms with van der Waals surface area (Å²) in [5, 5.41) is 2.57. The number of anilines is 3. The Hall–Kier alpha value is -2.38. The lowest BCUT2D eigenvalue weighted by atomic mass is 10.2. The zero-order valence-corrected chi connectivity index (χ0v) is 10.3. The summed E-state index contributed by atoms with van der Waals surface area (Å²) < 4.78 is 50.8. The van der Waals surface area contributed by atoms with E-state index in [1.54, 1.807) is 13.0 Å². The number of hydrogen-bond acceptors (Lipinski definition) is 4. The van der Waals surface area contributed by atoms with E-state index in [2.05, 4.69) is 15.3 Å². The molecule has 1 aromatic carbocycles. The number of aryl methyl sites for hydroxylation is 1. The highest BCUT2D eigenvalue weighted by Crippen LogP contribution is 2.28. The van der Waals surface area contributed by atoms with Crippen LogP contribution in [0.25, 0.3) is 0 Å². The predicted octanol–water partition coefficient (Wildman–Crippen LogP) is 3.27. The second-order valence-corrected chi connectivity index (χ2v) is 4.14. The Balaban J connectivity index is 2.36. The number of nitrogen functional groups attached to an aromatic ring is 1. The Labute approximate surface area is 111 Å². The van der Waals surface area contributed by atoms with Crippen LogP contribution < -0.4 is 11.1 Å². The van der Waals surface area contributed by atoms with E-state index in [0.29, 0.717) is 5.56 Å². The number of rotatable bonds is 2. The minimum absolute atomic E-state index is 0.158. The molecule has 106 valence electrons. The summed E-state index contributed by atoms with van der Waals surface area (Å²) in [6, 6.07) is 5.13. The summed E-state index contributed by atoms with van der Waals surface area (Å²) in [5.41, 5.74) is 6.19. The lowest BCUT2D eigenvalue weighted by molar-refractivity contribution is -0.144. The number of alkyl halides is 3. The molecule has 20 heavy (non-hydrogen) atoms. The summed E-state index contributed by atoms with van der Waals surface area (Å²) in [7, 11) is 0. The average Bonchev–Trinajstić information content (AvgIpc) is 2.25. The van der Waals surface area contributed by atoms with Crippen molar-refractivity contribution in [2.45, 2.75) is 13.1 Å². The summed E-state index contributed by atoms with van der Waals surface area (Å²) in [6.45, 7) is 1.66. The maximum atomic E-state index is 13.2. The molecular formula is C12H10F4N4. The molecule has 0 unspecified atom stereocenters. The molecule has 0 amide bonds. The highest BCUT2D eigenvalue weighted by atomic mass is 19.4. The van der Waals surface area contributed by atoms with Crippen LogP contribution >= 0.6 is 0 Å². The van der Waals surface area contributed by atoms with Crippen molar-refractivity contribution in [1.82, 2.24) is 9.97 Å². The molecule has 0 aliphatic carbocycles. The standard InChI is InChI=1S/C12H10F4N4/c1-6-2-7(13)4-8(3-6)18-10-5-9(17)19-11(20-10)12(14,15)16/h2-5H,1H3,(H3,17,18,19,20). The van der Waals surface area contributed by atoms with Gasteiger partial charge in [0.1, 0.15) is 17.5 Å². The molecule has 0 fully saturated rings. The molecule has 0 bridgehead atoms. The highest BCUT2D eigenvalue weighted by molar-refractivity contribution is 5.59. The van der Waals surface area contributed by atoms with E-state index in [4.69, 9.17) is 5.73 Å². The molecule has 8 heteroatoms. The van der Waals surface area contributed by atoms with Crippen LogP contribution in [0.2, 0.25) is 0 Å². The van der Waals surface area contributed by atoms with Crippen molar-refractivity contribution in [3.8, 4) is 0 Å². The van der Waals surface area contributed by atoms with Gasteiger partial charge in [0.2, 0.25) is 5.82 Å². The van der Waals surface area contributed by atoms with Gasteiger partial charge in [-0.25, -0.2) is 14.4 Å². The molecule has 2 aromatic rings. The smallest absolute Gasteiger partial charge is 0.384 e. The summed E-state index contributed by atoms with van der Waals surface area (Å²) in [5.74, 6) is -2.35. The molecule has 1 heterocycles. The lowest BCUT2D eigenvalue weighted by Crippen LogP contribution is -2.13. The van der Waals surface area contributed by atoms with Gasteiger partial charge in [0.15, 0.2) is 0 Å². The molecule has 0 radical (unpaired) electrons. The van der Waals surface area contributed by atoms with Gasteiger partial charge in [0.05, 0.1) is 0 Å². The van der Waals surface area contributed by atoms with Crippen LogP contribution in [0.1, 0.15) is 11.4 Å². The van der Waals surface area contributed by atoms with E-state index in [-0.39, 0.29) is 17.3 Å². The largest absolute Gasteiger partial charge is 0.451 e. The topological polar surface area (TPSA) is 63.8 Å². The van der Waals surface area contributed by atoms with Crippen molar-refractivity contribution in [1.29, 1.82) is 0 Å². The fraction of sp³-hybridized carbons (Fsp3) is 0.167. The van der Waals surface area contributed by atoms with Crippen LogP contribution in [0.3, 0.4) is 0 Å². The summed E-state index contributed by atoms with van der Waals surface area (Å²) in [4.78, 5) is 6.42. The van der Waals surface area contributed by atoms with Crippen molar-refractivity contribution in [3.05, 3.63) is 41.5 Å². The minimum Gasteiger partial charge on any atom is -0.384 e. The van der Waals surface area contributed by atoms with Crippen LogP contribution in [-0.4, -0.2) is 9.97 Å². The predicted molar refractivity (Wildman–Crippen MR) is 65.9 cm³/mol. The van der Waals surface area contributed by atoms with E-state index >= 15 is 0 Å². The maximum absolute atomic E-state index is 13.2. The third-order valence-electron chi connectivity index (χ3n) is 2.31. The van der Waals surface area contributed by atoms with Crippen LogP contribution in [0.4, 0.5) is 34.9 Å². The van der Waals surface area contributed by atoms with Crippen LogP contribution in [0, 0.1) is 12.7 Å². The second kappa shape index (κ2) is 4.95. The van der Waals surface area contributed by atoms with Gasteiger partial charge >= 0.3 is 6.18 Å². The molecule has 4 nitrogen and oxygen atoms in total. The highest BCUT2D eigenvalue weighted by Gasteiger charge is 2.35. The number of halogens is 4. The molecule has 0 saturated carbocycles. The third kappa shape index (κ3) is 3.34. The second-order valence-electron chi connectivity index (χ2n) is 4.14. The number of aromatic nitrogens is 2. The maximum Gasteiger partial charge on any atom is 0.451 e. The van der Waals surface area contributed by atoms with E-state index in [0.717, 1.165) is 12.1 Å². The molecule has 0 atom stereocenters. The van der Waals surface area contributed by atoms with Gasteiger partial charge in [-0.1, -0.05) is 0 Å². The molecule has 0 aliphatic rings. The lowest BCUT2D eigenvalue weighted by Gasteiger charge is -2.10. The number of nitrogens with zero attached hydrogens (tertiary/aromatic N) is 2. The van der Waals surface area contributed by atoms with E-state index in [9.17, 15) is 17.6 Å². The fourth-order valence-corrected chi connectivity index (χ4v) is 1.61. The van der Waals surface area contributed by atoms with Gasteiger partial charge < -0.3 is 11.1 Å². The average molecular weight is 286 g/mol. The SMILES string of the molecule is Cc1cc(F)cc(Nc2cc(N)nc(C(F)(F)F)n2)c1. The van der Waals surface area contributed by atoms with Crippen LogP contribution in [-0.2, 0) is 6.18 Å². The van der Waals surface area contributed by atoms with Gasteiger partial charge in [-0.3, -0.25) is 0 Å². The fourth-order valence-electron chi connectivity index (χ4n) is 1.61. The Morgan fingerprint density at radius 1 is 1.10 bits per heavy atom. The number of benzene rings is 1. The quantitative estimate of drug-likeness (QED) is 0.832. The number of hydrogen-bond donors (Lipinski definition) is 2. The molecule has 0 spiro atoms. The van der Waals surface area contributed by atoms with Gasteiger partial charge in [0, 0.05) is 11.8 Å². The first kappa shape index (κ1) is 14.0. The van der Waals surface area contributed by atoms with Crippen molar-refractivity contribution in [2.24, 2.45) is 0 Å². The first-order chi connectivity index (χ1) is 9.24. The molecule has 0 saturated heterocycles. The summed E-state index contributed by atoms with van der Waals surface area (Å²) in [6.07, 6.45) is -4.70. The monoisotopic (exact) mass is 286 g/mol. The Kier molecular flexibility index (Phi) is 3.47. The van der Waals surface area contributed by atoms with E-state index < -0.39 is 17.8 Å². The van der Waals surface area contributed by atoms with Crippen molar-refractivity contribution < 1.29 is 17.6 Å². The van der Waals surface area contributed by atoms with Crippen molar-refractivity contribution >= 4 is 17.3 Å². The number of nitrogens with two attached hydrogens (primary N) is 1. The van der Waals surface area contributed by atoms with Gasteiger partial charge in [-0.2, -0.15) is 13.2 Å². The summed E-state index contributed by atoms with van der Waals surface area (Å²) >= 11 is 0. The Morgan fingerprint density at radius 2 is 1.80 bits per heavy atom. The van der Waals surface area contributed by atoms with E-state index in [1.165, 1.54) is 6.07 Å².